The SMILES string of the molecule is CN=C(NCc1ccc(F)cc1)NCc1ccc(Oc2cccc(OC)c2)nc1.I. The minimum atomic E-state index is -0.248. The number of nitrogens with one attached hydrogen (secondary N) is 2. The smallest absolute Gasteiger partial charge is 0.219 e. The van der Waals surface area contributed by atoms with E-state index in [1.165, 1.54) is 12.1 Å². The first-order valence-electron chi connectivity index (χ1n) is 9.12. The van der Waals surface area contributed by atoms with Gasteiger partial charge in [-0.15, -0.1) is 24.0 Å². The van der Waals surface area contributed by atoms with Gasteiger partial charge in [-0.3, -0.25) is 4.99 Å². The minimum Gasteiger partial charge on any atom is -0.497 e. The molecule has 1 aromatic heterocycles. The number of rotatable bonds is 7. The maximum absolute atomic E-state index is 13.0. The predicted octanol–water partition coefficient (Wildman–Crippen LogP) is 4.50. The normalized spacial score (nSPS) is 10.7. The summed E-state index contributed by atoms with van der Waals surface area (Å²) in [5.41, 5.74) is 1.95. The van der Waals surface area contributed by atoms with Crippen LogP contribution in [0.2, 0.25) is 0 Å². The summed E-state index contributed by atoms with van der Waals surface area (Å²) in [5, 5.41) is 6.41. The van der Waals surface area contributed by atoms with E-state index in [9.17, 15) is 4.39 Å². The van der Waals surface area contributed by atoms with Crippen LogP contribution in [0, 0.1) is 5.82 Å². The number of aliphatic imine (C=N–C) groups is 1. The molecule has 0 radical (unpaired) electrons. The van der Waals surface area contributed by atoms with Crippen LogP contribution in [0.5, 0.6) is 17.4 Å². The Morgan fingerprint density at radius 1 is 0.967 bits per heavy atom. The van der Waals surface area contributed by atoms with Gasteiger partial charge >= 0.3 is 0 Å². The topological polar surface area (TPSA) is 67.8 Å². The Balaban J connectivity index is 0.00000320. The van der Waals surface area contributed by atoms with Gasteiger partial charge in [0.15, 0.2) is 5.96 Å². The van der Waals surface area contributed by atoms with E-state index in [-0.39, 0.29) is 29.8 Å². The Morgan fingerprint density at radius 3 is 2.27 bits per heavy atom. The molecular formula is C22H24FIN4O2. The van der Waals surface area contributed by atoms with Crippen molar-refractivity contribution in [1.29, 1.82) is 0 Å². The maximum Gasteiger partial charge on any atom is 0.219 e. The average molecular weight is 522 g/mol. The highest BCUT2D eigenvalue weighted by Crippen LogP contribution is 2.23. The van der Waals surface area contributed by atoms with Crippen LogP contribution in [0.25, 0.3) is 0 Å². The summed E-state index contributed by atoms with van der Waals surface area (Å²) in [5.74, 6) is 2.28. The Labute approximate surface area is 192 Å². The molecule has 0 saturated carbocycles. The van der Waals surface area contributed by atoms with Gasteiger partial charge < -0.3 is 20.1 Å². The van der Waals surface area contributed by atoms with E-state index in [0.29, 0.717) is 30.7 Å². The lowest BCUT2D eigenvalue weighted by atomic mass is 10.2. The van der Waals surface area contributed by atoms with E-state index < -0.39 is 0 Å². The number of methoxy groups -OCH3 is 1. The lowest BCUT2D eigenvalue weighted by Crippen LogP contribution is -2.36. The first-order valence-corrected chi connectivity index (χ1v) is 9.12. The molecule has 0 aliphatic heterocycles. The van der Waals surface area contributed by atoms with E-state index in [1.54, 1.807) is 38.6 Å². The fourth-order valence-corrected chi connectivity index (χ4v) is 2.56. The molecule has 2 aromatic carbocycles. The van der Waals surface area contributed by atoms with Gasteiger partial charge in [0.2, 0.25) is 5.88 Å². The molecule has 2 N–H and O–H groups in total. The molecule has 1 heterocycles. The second-order valence-electron chi connectivity index (χ2n) is 6.19. The minimum absolute atomic E-state index is 0. The second kappa shape index (κ2) is 12.0. The number of pyridine rings is 1. The fraction of sp³-hybridized carbons (Fsp3) is 0.182. The number of hydrogen-bond acceptors (Lipinski definition) is 4. The number of aromatic nitrogens is 1. The summed E-state index contributed by atoms with van der Waals surface area (Å²) in [6.45, 7) is 1.10. The molecule has 3 rings (SSSR count). The van der Waals surface area contributed by atoms with Crippen LogP contribution >= 0.6 is 24.0 Å². The molecule has 0 saturated heterocycles. The Bertz CT molecular complexity index is 950. The third-order valence-electron chi connectivity index (χ3n) is 4.12. The lowest BCUT2D eigenvalue weighted by Gasteiger charge is -2.12. The van der Waals surface area contributed by atoms with E-state index >= 15 is 0 Å². The number of guanidine groups is 1. The van der Waals surface area contributed by atoms with Crippen LogP contribution in [0.3, 0.4) is 0 Å². The van der Waals surface area contributed by atoms with E-state index in [4.69, 9.17) is 9.47 Å². The number of hydrogen-bond donors (Lipinski definition) is 2. The first-order chi connectivity index (χ1) is 14.2. The van der Waals surface area contributed by atoms with Crippen LogP contribution in [-0.4, -0.2) is 25.1 Å². The molecule has 6 nitrogen and oxygen atoms in total. The number of benzene rings is 2. The number of halogens is 2. The third-order valence-corrected chi connectivity index (χ3v) is 4.12. The van der Waals surface area contributed by atoms with Gasteiger partial charge in [0, 0.05) is 38.5 Å². The van der Waals surface area contributed by atoms with Crippen LogP contribution in [0.4, 0.5) is 4.39 Å². The van der Waals surface area contributed by atoms with E-state index in [0.717, 1.165) is 16.9 Å². The molecule has 3 aromatic rings. The largest absolute Gasteiger partial charge is 0.497 e. The van der Waals surface area contributed by atoms with Gasteiger partial charge in [-0.1, -0.05) is 24.3 Å². The van der Waals surface area contributed by atoms with Crippen molar-refractivity contribution in [3.8, 4) is 17.4 Å². The summed E-state index contributed by atoms with van der Waals surface area (Å²) in [7, 11) is 3.31. The Kier molecular flexibility index (Phi) is 9.33. The molecule has 0 spiro atoms. The molecule has 0 bridgehead atoms. The highest BCUT2D eigenvalue weighted by molar-refractivity contribution is 14.0. The molecule has 0 aliphatic carbocycles. The van der Waals surface area contributed by atoms with Crippen LogP contribution in [-0.2, 0) is 13.1 Å². The molecule has 0 amide bonds. The van der Waals surface area contributed by atoms with Gasteiger partial charge in [-0.05, 0) is 35.4 Å². The monoisotopic (exact) mass is 522 g/mol. The molecule has 8 heteroatoms. The van der Waals surface area contributed by atoms with Crippen molar-refractivity contribution < 1.29 is 13.9 Å². The fourth-order valence-electron chi connectivity index (χ4n) is 2.56. The Hall–Kier alpha value is -2.88. The summed E-state index contributed by atoms with van der Waals surface area (Å²) in [6, 6.07) is 17.4. The number of ether oxygens (including phenoxy) is 2. The van der Waals surface area contributed by atoms with Gasteiger partial charge in [-0.25, -0.2) is 9.37 Å². The zero-order chi connectivity index (χ0) is 20.5. The quantitative estimate of drug-likeness (QED) is 0.272. The molecule has 0 atom stereocenters. The highest BCUT2D eigenvalue weighted by Gasteiger charge is 2.03. The number of nitrogens with zero attached hydrogens (tertiary/aromatic N) is 2. The highest BCUT2D eigenvalue weighted by atomic mass is 127. The molecule has 0 aliphatic rings. The first kappa shape index (κ1) is 23.4. The van der Waals surface area contributed by atoms with Crippen LogP contribution in [0.1, 0.15) is 11.1 Å². The van der Waals surface area contributed by atoms with E-state index in [2.05, 4.69) is 20.6 Å². The van der Waals surface area contributed by atoms with Crippen molar-refractivity contribution in [3.05, 3.63) is 83.8 Å². The molecule has 0 fully saturated rings. The summed E-state index contributed by atoms with van der Waals surface area (Å²) in [4.78, 5) is 8.53. The van der Waals surface area contributed by atoms with Crippen molar-refractivity contribution in [2.45, 2.75) is 13.1 Å². The van der Waals surface area contributed by atoms with Crippen LogP contribution in [0.15, 0.2) is 71.9 Å². The molecular weight excluding hydrogens is 498 g/mol. The second-order valence-corrected chi connectivity index (χ2v) is 6.19. The van der Waals surface area contributed by atoms with Crippen molar-refractivity contribution in [1.82, 2.24) is 15.6 Å². The van der Waals surface area contributed by atoms with Crippen molar-refractivity contribution in [2.75, 3.05) is 14.2 Å². The summed E-state index contributed by atoms with van der Waals surface area (Å²) < 4.78 is 23.9. The van der Waals surface area contributed by atoms with E-state index in [1.807, 2.05) is 30.3 Å². The van der Waals surface area contributed by atoms with Gasteiger partial charge in [0.05, 0.1) is 7.11 Å². The maximum atomic E-state index is 13.0. The zero-order valence-corrected chi connectivity index (χ0v) is 19.1. The predicted molar refractivity (Wildman–Crippen MR) is 126 cm³/mol. The summed E-state index contributed by atoms with van der Waals surface area (Å²) >= 11 is 0. The van der Waals surface area contributed by atoms with Gasteiger partial charge in [0.1, 0.15) is 17.3 Å². The average Bonchev–Trinajstić information content (AvgIpc) is 2.76. The molecule has 158 valence electrons. The third kappa shape index (κ3) is 7.18. The standard InChI is InChI=1S/C22H23FN4O2.HI/c1-24-22(26-13-16-6-9-18(23)10-7-16)27-15-17-8-11-21(25-14-17)29-20-5-3-4-19(12-20)28-2;/h3-12,14H,13,15H2,1-2H3,(H2,24,26,27);1H. The Morgan fingerprint density at radius 2 is 1.63 bits per heavy atom. The van der Waals surface area contributed by atoms with Crippen molar-refractivity contribution >= 4 is 29.9 Å². The van der Waals surface area contributed by atoms with Gasteiger partial charge in [0.25, 0.3) is 0 Å². The van der Waals surface area contributed by atoms with Crippen molar-refractivity contribution in [3.63, 3.8) is 0 Å². The molecule has 30 heavy (non-hydrogen) atoms. The molecule has 0 unspecified atom stereocenters. The lowest BCUT2D eigenvalue weighted by molar-refractivity contribution is 0.407. The summed E-state index contributed by atoms with van der Waals surface area (Å²) in [6.07, 6.45) is 1.75. The van der Waals surface area contributed by atoms with Gasteiger partial charge in [-0.2, -0.15) is 0 Å². The van der Waals surface area contributed by atoms with Crippen LogP contribution < -0.4 is 20.1 Å². The van der Waals surface area contributed by atoms with Crippen molar-refractivity contribution in [2.24, 2.45) is 4.99 Å². The zero-order valence-electron chi connectivity index (χ0n) is 16.8.